The second-order valence-electron chi connectivity index (χ2n) is 7.84. The first-order chi connectivity index (χ1) is 12.7. The number of ketones is 1. The summed E-state index contributed by atoms with van der Waals surface area (Å²) < 4.78 is 1.49. The van der Waals surface area contributed by atoms with Crippen LogP contribution in [0.25, 0.3) is 10.9 Å². The fourth-order valence-electron chi connectivity index (χ4n) is 4.25. The zero-order chi connectivity index (χ0) is 19.5. The summed E-state index contributed by atoms with van der Waals surface area (Å²) >= 11 is 0. The van der Waals surface area contributed by atoms with Gasteiger partial charge in [0.15, 0.2) is 5.78 Å². The third-order valence-electron chi connectivity index (χ3n) is 5.79. The van der Waals surface area contributed by atoms with Crippen LogP contribution in [0.1, 0.15) is 36.5 Å². The quantitative estimate of drug-likeness (QED) is 0.624. The molecule has 2 fully saturated rings. The lowest BCUT2D eigenvalue weighted by molar-refractivity contribution is -0.139. The van der Waals surface area contributed by atoms with Crippen molar-refractivity contribution in [2.45, 2.75) is 39.8 Å². The number of Topliss-reactive ketones (excluding diaryl/α,β-unsaturated/α-hetero) is 1. The minimum Gasteiger partial charge on any atom is -0.407 e. The molecule has 3 unspecified atom stereocenters. The molecule has 138 valence electrons. The molecule has 0 spiro atoms. The van der Waals surface area contributed by atoms with Crippen molar-refractivity contribution < 1.29 is 14.4 Å². The molecule has 3 heterocycles. The van der Waals surface area contributed by atoms with Gasteiger partial charge in [0.1, 0.15) is 18.3 Å². The average Bonchev–Trinajstić information content (AvgIpc) is 3.00. The Balaban J connectivity index is 1.65. The molecule has 2 aromatic rings. The SMILES string of the molecule is [B]NC(=O)C1C2CC2(C)CN1C(=O)Cn1nc(C(C)=O)c2cc(C)ncc21. The van der Waals surface area contributed by atoms with E-state index in [2.05, 4.69) is 22.2 Å². The first kappa shape index (κ1) is 17.7. The highest BCUT2D eigenvalue weighted by Gasteiger charge is 2.64. The number of nitrogens with one attached hydrogen (secondary N) is 1. The van der Waals surface area contributed by atoms with Gasteiger partial charge >= 0.3 is 0 Å². The molecular weight excluding hydrogens is 345 g/mol. The fourth-order valence-corrected chi connectivity index (χ4v) is 4.25. The largest absolute Gasteiger partial charge is 0.407 e. The Labute approximate surface area is 157 Å². The number of likely N-dealkylation sites (tertiary alicyclic amines) is 1. The van der Waals surface area contributed by atoms with E-state index >= 15 is 0 Å². The van der Waals surface area contributed by atoms with Crippen molar-refractivity contribution in [2.75, 3.05) is 6.54 Å². The predicted molar refractivity (Wildman–Crippen MR) is 97.9 cm³/mol. The molecule has 1 N–H and O–H groups in total. The molecule has 2 amide bonds. The molecule has 2 aromatic heterocycles. The number of piperidine rings is 1. The van der Waals surface area contributed by atoms with Gasteiger partial charge in [-0.1, -0.05) is 6.92 Å². The Morgan fingerprint density at radius 1 is 1.41 bits per heavy atom. The normalized spacial score (nSPS) is 26.1. The van der Waals surface area contributed by atoms with Crippen LogP contribution in [0.15, 0.2) is 12.3 Å². The molecular formula is C18H20BN5O3. The van der Waals surface area contributed by atoms with Gasteiger partial charge in [-0.25, -0.2) is 0 Å². The van der Waals surface area contributed by atoms with E-state index in [1.807, 2.05) is 6.92 Å². The van der Waals surface area contributed by atoms with Gasteiger partial charge < -0.3 is 10.1 Å². The monoisotopic (exact) mass is 365 g/mol. The second kappa shape index (κ2) is 5.90. The highest BCUT2D eigenvalue weighted by molar-refractivity contribution is 6.15. The van der Waals surface area contributed by atoms with Crippen molar-refractivity contribution in [3.8, 4) is 0 Å². The first-order valence-electron chi connectivity index (χ1n) is 8.89. The lowest BCUT2D eigenvalue weighted by atomic mass is 10.1. The predicted octanol–water partition coefficient (Wildman–Crippen LogP) is 0.379. The van der Waals surface area contributed by atoms with Crippen molar-refractivity contribution >= 4 is 36.5 Å². The maximum atomic E-state index is 13.0. The van der Waals surface area contributed by atoms with Crippen molar-refractivity contribution in [3.63, 3.8) is 0 Å². The van der Waals surface area contributed by atoms with Gasteiger partial charge in [0.25, 0.3) is 0 Å². The topological polar surface area (TPSA) is 97.2 Å². The number of fused-ring (bicyclic) bond motifs is 2. The molecule has 27 heavy (non-hydrogen) atoms. The van der Waals surface area contributed by atoms with Crippen molar-refractivity contribution in [1.29, 1.82) is 0 Å². The summed E-state index contributed by atoms with van der Waals surface area (Å²) in [6.45, 7) is 5.81. The Morgan fingerprint density at radius 3 is 2.81 bits per heavy atom. The van der Waals surface area contributed by atoms with E-state index in [9.17, 15) is 14.4 Å². The van der Waals surface area contributed by atoms with Crippen molar-refractivity contribution in [3.05, 3.63) is 23.7 Å². The van der Waals surface area contributed by atoms with Crippen LogP contribution in [-0.4, -0.2) is 57.8 Å². The highest BCUT2D eigenvalue weighted by Crippen LogP contribution is 2.60. The van der Waals surface area contributed by atoms with E-state index in [0.29, 0.717) is 23.1 Å². The molecule has 1 aliphatic heterocycles. The summed E-state index contributed by atoms with van der Waals surface area (Å²) in [5, 5.41) is 7.18. The molecule has 4 rings (SSSR count). The molecule has 2 aliphatic rings. The smallest absolute Gasteiger partial charge is 0.245 e. The minimum absolute atomic E-state index is 0.0256. The number of amides is 2. The van der Waals surface area contributed by atoms with Gasteiger partial charge in [-0.05, 0) is 30.7 Å². The third kappa shape index (κ3) is 2.72. The number of rotatable bonds is 4. The van der Waals surface area contributed by atoms with Crippen LogP contribution in [0.4, 0.5) is 0 Å². The maximum Gasteiger partial charge on any atom is 0.245 e. The Morgan fingerprint density at radius 2 is 2.15 bits per heavy atom. The van der Waals surface area contributed by atoms with Crippen molar-refractivity contribution in [2.24, 2.45) is 11.3 Å². The van der Waals surface area contributed by atoms with Gasteiger partial charge in [0, 0.05) is 24.5 Å². The molecule has 0 bridgehead atoms. The van der Waals surface area contributed by atoms with E-state index in [1.165, 1.54) is 11.6 Å². The summed E-state index contributed by atoms with van der Waals surface area (Å²) in [6.07, 6.45) is 2.53. The summed E-state index contributed by atoms with van der Waals surface area (Å²) in [6, 6.07) is 1.23. The van der Waals surface area contributed by atoms with Crippen LogP contribution in [-0.2, 0) is 16.1 Å². The molecule has 1 aliphatic carbocycles. The average molecular weight is 365 g/mol. The number of carbonyl (C=O) groups is 3. The maximum absolute atomic E-state index is 13.0. The van der Waals surface area contributed by atoms with E-state index in [-0.39, 0.29) is 35.5 Å². The number of hydrogen-bond donors (Lipinski definition) is 1. The molecule has 9 heteroatoms. The van der Waals surface area contributed by atoms with Gasteiger partial charge in [0.2, 0.25) is 19.8 Å². The van der Waals surface area contributed by atoms with Crippen LogP contribution in [0.2, 0.25) is 0 Å². The number of aryl methyl sites for hydroxylation is 1. The third-order valence-corrected chi connectivity index (χ3v) is 5.79. The number of pyridine rings is 1. The molecule has 1 saturated carbocycles. The Hall–Kier alpha value is -2.71. The summed E-state index contributed by atoms with van der Waals surface area (Å²) in [7, 11) is 5.32. The highest BCUT2D eigenvalue weighted by atomic mass is 16.2. The fraction of sp³-hybridized carbons (Fsp3) is 0.500. The zero-order valence-corrected chi connectivity index (χ0v) is 15.5. The van der Waals surface area contributed by atoms with E-state index in [4.69, 9.17) is 7.98 Å². The number of carbonyl (C=O) groups excluding carboxylic acids is 3. The lowest BCUT2D eigenvalue weighted by Crippen LogP contribution is -2.48. The number of hydrogen-bond acceptors (Lipinski definition) is 5. The molecule has 1 saturated heterocycles. The van der Waals surface area contributed by atoms with Crippen LogP contribution >= 0.6 is 0 Å². The van der Waals surface area contributed by atoms with Gasteiger partial charge in [-0.3, -0.25) is 24.0 Å². The van der Waals surface area contributed by atoms with E-state index in [1.54, 1.807) is 17.2 Å². The number of nitrogens with zero attached hydrogens (tertiary/aromatic N) is 4. The van der Waals surface area contributed by atoms with Crippen LogP contribution in [0, 0.1) is 18.3 Å². The van der Waals surface area contributed by atoms with Gasteiger partial charge in [-0.15, -0.1) is 0 Å². The van der Waals surface area contributed by atoms with Crippen LogP contribution in [0.5, 0.6) is 0 Å². The Kier molecular flexibility index (Phi) is 3.87. The molecule has 8 nitrogen and oxygen atoms in total. The molecule has 0 aromatic carbocycles. The minimum atomic E-state index is -0.554. The zero-order valence-electron chi connectivity index (χ0n) is 15.5. The Bertz CT molecular complexity index is 987. The van der Waals surface area contributed by atoms with E-state index < -0.39 is 6.04 Å². The first-order valence-corrected chi connectivity index (χ1v) is 8.89. The van der Waals surface area contributed by atoms with E-state index in [0.717, 1.165) is 12.1 Å². The second-order valence-corrected chi connectivity index (χ2v) is 7.84. The molecule has 2 radical (unpaired) electrons. The lowest BCUT2D eigenvalue weighted by Gasteiger charge is -2.27. The van der Waals surface area contributed by atoms with Crippen LogP contribution in [0.3, 0.4) is 0 Å². The molecule has 3 atom stereocenters. The van der Waals surface area contributed by atoms with Gasteiger partial charge in [-0.2, -0.15) is 5.10 Å². The summed E-state index contributed by atoms with van der Waals surface area (Å²) in [4.78, 5) is 43.0. The summed E-state index contributed by atoms with van der Waals surface area (Å²) in [5.74, 6) is -0.609. The standard InChI is InChI=1S/C18H20BN5O3/c1-9-4-11-13(6-20-9)24(22-15(11)10(2)25)7-14(26)23-8-18(3)5-12(18)16(23)17(27)21-19/h4,6,12,16H,5,7-8H2,1-3H3,(H,21,27). The van der Waals surface area contributed by atoms with Gasteiger partial charge in [0.05, 0.1) is 11.7 Å². The number of aromatic nitrogens is 3. The van der Waals surface area contributed by atoms with Crippen LogP contribution < -0.4 is 5.23 Å². The van der Waals surface area contributed by atoms with Crippen molar-refractivity contribution in [1.82, 2.24) is 24.9 Å². The summed E-state index contributed by atoms with van der Waals surface area (Å²) in [5.41, 5.74) is 1.68.